The lowest BCUT2D eigenvalue weighted by Crippen LogP contribution is -2.46. The number of carbonyl (C=O) groups excluding carboxylic acids is 2. The van der Waals surface area contributed by atoms with Crippen molar-refractivity contribution in [2.24, 2.45) is 0 Å². The monoisotopic (exact) mass is 407 g/mol. The molecule has 1 aliphatic heterocycles. The predicted octanol–water partition coefficient (Wildman–Crippen LogP) is 2.60. The predicted molar refractivity (Wildman–Crippen MR) is 89.5 cm³/mol. The van der Waals surface area contributed by atoms with Crippen LogP contribution in [0.15, 0.2) is 22.7 Å². The molecule has 5 nitrogen and oxygen atoms in total. The zero-order chi connectivity index (χ0) is 16.1. The second kappa shape index (κ2) is 8.08. The number of methoxy groups -OCH3 is 1. The number of esters is 1. The van der Waals surface area contributed by atoms with Crippen LogP contribution < -0.4 is 4.74 Å². The lowest BCUT2D eigenvalue weighted by Gasteiger charge is -2.30. The Morgan fingerprint density at radius 3 is 2.95 bits per heavy atom. The fraction of sp³-hybridized carbons (Fsp3) is 0.429. The van der Waals surface area contributed by atoms with Gasteiger partial charge in [-0.15, -0.1) is 11.8 Å². The van der Waals surface area contributed by atoms with Crippen LogP contribution >= 0.6 is 39.3 Å². The summed E-state index contributed by atoms with van der Waals surface area (Å²) < 4.78 is 10.9. The van der Waals surface area contributed by atoms with Gasteiger partial charge in [-0.2, -0.15) is 0 Å². The first kappa shape index (κ1) is 17.4. The van der Waals surface area contributed by atoms with Gasteiger partial charge in [0.1, 0.15) is 11.0 Å². The van der Waals surface area contributed by atoms with Crippen LogP contribution in [0.25, 0.3) is 0 Å². The molecule has 8 heteroatoms. The van der Waals surface area contributed by atoms with Gasteiger partial charge < -0.3 is 14.4 Å². The highest BCUT2D eigenvalue weighted by atomic mass is 79.9. The maximum atomic E-state index is 12.2. The van der Waals surface area contributed by atoms with Gasteiger partial charge in [0, 0.05) is 23.9 Å². The highest BCUT2D eigenvalue weighted by Gasteiger charge is 2.29. The number of hydrogen-bond donors (Lipinski definition) is 0. The van der Waals surface area contributed by atoms with E-state index < -0.39 is 0 Å². The summed E-state index contributed by atoms with van der Waals surface area (Å²) in [5, 5.41) is 0.254. The normalized spacial score (nSPS) is 18.0. The quantitative estimate of drug-likeness (QED) is 0.717. The maximum Gasteiger partial charge on any atom is 0.320 e. The van der Waals surface area contributed by atoms with Gasteiger partial charge in [0.2, 0.25) is 0 Å². The third-order valence-corrected chi connectivity index (χ3v) is 5.15. The maximum absolute atomic E-state index is 12.2. The molecule has 0 unspecified atom stereocenters. The molecule has 0 aliphatic carbocycles. The summed E-state index contributed by atoms with van der Waals surface area (Å²) in [5.41, 5.74) is 0. The van der Waals surface area contributed by atoms with E-state index in [4.69, 9.17) is 21.1 Å². The molecule has 1 amide bonds. The molecule has 1 saturated heterocycles. The highest BCUT2D eigenvalue weighted by molar-refractivity contribution is 9.10. The Labute approximate surface area is 146 Å². The third kappa shape index (κ3) is 4.54. The summed E-state index contributed by atoms with van der Waals surface area (Å²) in [6.45, 7) is 0.863. The van der Waals surface area contributed by atoms with Crippen molar-refractivity contribution in [3.05, 3.63) is 27.7 Å². The molecule has 0 bridgehead atoms. The lowest BCUT2D eigenvalue weighted by molar-refractivity contribution is -0.141. The molecule has 1 aromatic rings. The summed E-state index contributed by atoms with van der Waals surface area (Å²) in [5.74, 6) is 0.796. The van der Waals surface area contributed by atoms with Gasteiger partial charge in [0.25, 0.3) is 5.91 Å². The van der Waals surface area contributed by atoms with Crippen molar-refractivity contribution in [1.82, 2.24) is 4.90 Å². The van der Waals surface area contributed by atoms with E-state index in [9.17, 15) is 9.59 Å². The van der Waals surface area contributed by atoms with Gasteiger partial charge in [0.15, 0.2) is 6.61 Å². The van der Waals surface area contributed by atoms with E-state index in [-0.39, 0.29) is 23.7 Å². The second-order valence-electron chi connectivity index (χ2n) is 4.59. The molecule has 1 fully saturated rings. The Bertz CT molecular complexity index is 572. The molecule has 2 rings (SSSR count). The number of rotatable bonds is 4. The Morgan fingerprint density at radius 1 is 1.50 bits per heavy atom. The molecule has 1 aliphatic rings. The van der Waals surface area contributed by atoms with Crippen LogP contribution in [0, 0.1) is 0 Å². The van der Waals surface area contributed by atoms with E-state index in [2.05, 4.69) is 15.9 Å². The molecule has 1 heterocycles. The minimum Gasteiger partial charge on any atom is -0.483 e. The molecular weight excluding hydrogens is 394 g/mol. The Kier molecular flexibility index (Phi) is 6.40. The van der Waals surface area contributed by atoms with Gasteiger partial charge >= 0.3 is 5.97 Å². The molecule has 1 aromatic carbocycles. The largest absolute Gasteiger partial charge is 0.483 e. The number of carbonyl (C=O) groups is 2. The van der Waals surface area contributed by atoms with Gasteiger partial charge in [0.05, 0.1) is 11.6 Å². The smallest absolute Gasteiger partial charge is 0.320 e. The topological polar surface area (TPSA) is 55.8 Å². The van der Waals surface area contributed by atoms with Crippen molar-refractivity contribution >= 4 is 51.2 Å². The van der Waals surface area contributed by atoms with Crippen LogP contribution in [-0.4, -0.2) is 54.6 Å². The number of thioether (sulfide) groups is 1. The van der Waals surface area contributed by atoms with Gasteiger partial charge in [-0.1, -0.05) is 11.6 Å². The first-order chi connectivity index (χ1) is 10.5. The number of benzene rings is 1. The first-order valence-corrected chi connectivity index (χ1v) is 8.78. The van der Waals surface area contributed by atoms with Crippen molar-refractivity contribution in [2.75, 3.05) is 32.6 Å². The molecule has 0 spiro atoms. The Hall–Kier alpha value is -0.920. The molecule has 0 radical (unpaired) electrons. The van der Waals surface area contributed by atoms with Crippen molar-refractivity contribution in [3.63, 3.8) is 0 Å². The molecule has 1 atom stereocenters. The number of hydrogen-bond acceptors (Lipinski definition) is 5. The zero-order valence-corrected chi connectivity index (χ0v) is 15.0. The molecule has 22 heavy (non-hydrogen) atoms. The summed E-state index contributed by atoms with van der Waals surface area (Å²) in [6, 6.07) is 5.09. The van der Waals surface area contributed by atoms with E-state index in [1.54, 1.807) is 23.1 Å². The molecule has 0 saturated carbocycles. The highest BCUT2D eigenvalue weighted by Crippen LogP contribution is 2.28. The summed E-state index contributed by atoms with van der Waals surface area (Å²) >= 11 is 10.7. The van der Waals surface area contributed by atoms with Crippen molar-refractivity contribution in [1.29, 1.82) is 0 Å². The fourth-order valence-corrected chi connectivity index (χ4v) is 3.90. The Morgan fingerprint density at radius 2 is 2.27 bits per heavy atom. The lowest BCUT2D eigenvalue weighted by atomic mass is 10.3. The minimum absolute atomic E-state index is 0.0845. The molecule has 120 valence electrons. The van der Waals surface area contributed by atoms with E-state index >= 15 is 0 Å². The van der Waals surface area contributed by atoms with Crippen LogP contribution in [0.5, 0.6) is 5.75 Å². The van der Waals surface area contributed by atoms with E-state index in [1.165, 1.54) is 18.9 Å². The van der Waals surface area contributed by atoms with Gasteiger partial charge in [-0.05, 0) is 34.1 Å². The zero-order valence-electron chi connectivity index (χ0n) is 11.9. The number of halogens is 2. The average Bonchev–Trinajstić information content (AvgIpc) is 2.53. The third-order valence-electron chi connectivity index (χ3n) is 3.13. The molecule has 0 N–H and O–H groups in total. The van der Waals surface area contributed by atoms with Gasteiger partial charge in [-0.3, -0.25) is 9.59 Å². The number of amides is 1. The summed E-state index contributed by atoms with van der Waals surface area (Å²) in [4.78, 5) is 25.4. The van der Waals surface area contributed by atoms with E-state index in [0.717, 1.165) is 0 Å². The van der Waals surface area contributed by atoms with Crippen molar-refractivity contribution in [3.8, 4) is 5.75 Å². The van der Waals surface area contributed by atoms with Crippen LogP contribution in [0.1, 0.15) is 0 Å². The van der Waals surface area contributed by atoms with Crippen LogP contribution in [-0.2, 0) is 14.3 Å². The van der Waals surface area contributed by atoms with Crippen molar-refractivity contribution in [2.45, 2.75) is 5.25 Å². The first-order valence-electron chi connectivity index (χ1n) is 6.56. The van der Waals surface area contributed by atoms with Crippen LogP contribution in [0.2, 0.25) is 5.02 Å². The number of nitrogens with zero attached hydrogens (tertiary/aromatic N) is 1. The SMILES string of the molecule is COC(=O)[C@@H]1CN(C(=O)COc2ccc(Cl)cc2Br)CCS1. The van der Waals surface area contributed by atoms with Gasteiger partial charge in [-0.25, -0.2) is 0 Å². The second-order valence-corrected chi connectivity index (χ2v) is 7.19. The molecule has 0 aromatic heterocycles. The Balaban J connectivity index is 1.90. The van der Waals surface area contributed by atoms with Crippen LogP contribution in [0.4, 0.5) is 0 Å². The van der Waals surface area contributed by atoms with Crippen LogP contribution in [0.3, 0.4) is 0 Å². The standard InChI is InChI=1S/C14H15BrClNO4S/c1-20-14(19)12-7-17(4-5-22-12)13(18)8-21-11-3-2-9(16)6-10(11)15/h2-3,6,12H,4-5,7-8H2,1H3/t12-/m0/s1. The number of ether oxygens (including phenoxy) is 2. The average molecular weight is 409 g/mol. The summed E-state index contributed by atoms with van der Waals surface area (Å²) in [6.07, 6.45) is 0. The van der Waals surface area contributed by atoms with E-state index in [0.29, 0.717) is 34.1 Å². The minimum atomic E-state index is -0.329. The van der Waals surface area contributed by atoms with Crippen molar-refractivity contribution < 1.29 is 19.1 Å². The fourth-order valence-electron chi connectivity index (χ4n) is 1.97. The summed E-state index contributed by atoms with van der Waals surface area (Å²) in [7, 11) is 1.35. The van der Waals surface area contributed by atoms with E-state index in [1.807, 2.05) is 0 Å². The molecular formula is C14H15BrClNO4S.